The minimum Gasteiger partial charge on any atom is -0.383 e. The molecule has 1 atom stereocenters. The molecule has 0 bridgehead atoms. The van der Waals surface area contributed by atoms with Gasteiger partial charge in [-0.05, 0) is 12.1 Å². The zero-order valence-corrected chi connectivity index (χ0v) is 10.5. The molecule has 2 aromatic heterocycles. The van der Waals surface area contributed by atoms with Crippen molar-refractivity contribution >= 4 is 11.7 Å². The van der Waals surface area contributed by atoms with Gasteiger partial charge in [0.25, 0.3) is 0 Å². The van der Waals surface area contributed by atoms with Crippen LogP contribution in [0.1, 0.15) is 0 Å². The third-order valence-corrected chi connectivity index (χ3v) is 2.45. The van der Waals surface area contributed by atoms with E-state index in [9.17, 15) is 4.79 Å². The Kier molecular flexibility index (Phi) is 4.22. The van der Waals surface area contributed by atoms with Gasteiger partial charge >= 0.3 is 0 Å². The number of nitrogens with two attached hydrogens (primary N) is 1. The van der Waals surface area contributed by atoms with Gasteiger partial charge in [0.1, 0.15) is 6.04 Å². The standard InChI is InChI=1S/C12H15N5O2/c1-19-8-10(13)12(18)15-11-4-7-17(16-11)9-2-5-14-6-3-9/h2-7,10H,8,13H2,1H3,(H,15,16,18). The first-order chi connectivity index (χ1) is 9.20. The molecule has 0 aliphatic rings. The Bertz CT molecular complexity index is 540. The summed E-state index contributed by atoms with van der Waals surface area (Å²) >= 11 is 0. The van der Waals surface area contributed by atoms with Gasteiger partial charge in [0.15, 0.2) is 5.82 Å². The number of aromatic nitrogens is 3. The predicted molar refractivity (Wildman–Crippen MR) is 69.8 cm³/mol. The second kappa shape index (κ2) is 6.07. The van der Waals surface area contributed by atoms with Crippen LogP contribution in [0.2, 0.25) is 0 Å². The summed E-state index contributed by atoms with van der Waals surface area (Å²) in [4.78, 5) is 15.6. The summed E-state index contributed by atoms with van der Waals surface area (Å²) in [5.74, 6) is 0.107. The third kappa shape index (κ3) is 3.36. The first-order valence-corrected chi connectivity index (χ1v) is 5.72. The van der Waals surface area contributed by atoms with Gasteiger partial charge in [-0.1, -0.05) is 0 Å². The summed E-state index contributed by atoms with van der Waals surface area (Å²) in [5, 5.41) is 6.85. The Balaban J connectivity index is 2.04. The van der Waals surface area contributed by atoms with Crippen molar-refractivity contribution in [2.75, 3.05) is 19.0 Å². The number of methoxy groups -OCH3 is 1. The summed E-state index contributed by atoms with van der Waals surface area (Å²) in [6.45, 7) is 0.164. The Labute approximate surface area is 110 Å². The molecule has 2 heterocycles. The molecule has 0 aliphatic carbocycles. The molecule has 19 heavy (non-hydrogen) atoms. The highest BCUT2D eigenvalue weighted by molar-refractivity contribution is 5.93. The third-order valence-electron chi connectivity index (χ3n) is 2.45. The van der Waals surface area contributed by atoms with Crippen molar-refractivity contribution in [1.29, 1.82) is 0 Å². The Morgan fingerprint density at radius 1 is 1.47 bits per heavy atom. The lowest BCUT2D eigenvalue weighted by Gasteiger charge is -2.09. The molecule has 0 fully saturated rings. The second-order valence-corrected chi connectivity index (χ2v) is 3.90. The maximum absolute atomic E-state index is 11.7. The summed E-state index contributed by atoms with van der Waals surface area (Å²) in [7, 11) is 1.49. The van der Waals surface area contributed by atoms with Crippen LogP contribution in [0.15, 0.2) is 36.8 Å². The quantitative estimate of drug-likeness (QED) is 0.800. The molecule has 7 nitrogen and oxygen atoms in total. The van der Waals surface area contributed by atoms with E-state index in [1.807, 2.05) is 12.1 Å². The van der Waals surface area contributed by atoms with Crippen LogP contribution in [-0.2, 0) is 9.53 Å². The minimum absolute atomic E-state index is 0.164. The number of hydrogen-bond acceptors (Lipinski definition) is 5. The molecule has 2 aromatic rings. The number of hydrogen-bond donors (Lipinski definition) is 2. The number of carbonyl (C=O) groups is 1. The molecule has 1 amide bonds. The molecule has 7 heteroatoms. The first-order valence-electron chi connectivity index (χ1n) is 5.72. The van der Waals surface area contributed by atoms with Crippen molar-refractivity contribution in [2.45, 2.75) is 6.04 Å². The van der Waals surface area contributed by atoms with E-state index in [2.05, 4.69) is 15.4 Å². The van der Waals surface area contributed by atoms with Crippen LogP contribution in [0.5, 0.6) is 0 Å². The minimum atomic E-state index is -0.712. The number of pyridine rings is 1. The van der Waals surface area contributed by atoms with Crippen LogP contribution in [0.4, 0.5) is 5.82 Å². The fourth-order valence-electron chi connectivity index (χ4n) is 1.51. The second-order valence-electron chi connectivity index (χ2n) is 3.90. The van der Waals surface area contributed by atoms with Crippen molar-refractivity contribution in [1.82, 2.24) is 14.8 Å². The largest absolute Gasteiger partial charge is 0.383 e. The van der Waals surface area contributed by atoms with Crippen LogP contribution in [0.25, 0.3) is 5.69 Å². The average Bonchev–Trinajstić information content (AvgIpc) is 2.88. The summed E-state index contributed by atoms with van der Waals surface area (Å²) in [6, 6.07) is 4.61. The SMILES string of the molecule is COCC(N)C(=O)Nc1ccn(-c2ccncc2)n1. The van der Waals surface area contributed by atoms with Gasteiger partial charge < -0.3 is 15.8 Å². The predicted octanol–water partition coefficient (Wildman–Crippen LogP) is 0.179. The lowest BCUT2D eigenvalue weighted by Crippen LogP contribution is -2.39. The highest BCUT2D eigenvalue weighted by Gasteiger charge is 2.14. The maximum Gasteiger partial charge on any atom is 0.244 e. The van der Waals surface area contributed by atoms with Crippen LogP contribution in [-0.4, -0.2) is 40.4 Å². The lowest BCUT2D eigenvalue weighted by molar-refractivity contribution is -0.118. The topological polar surface area (TPSA) is 95.1 Å². The number of amides is 1. The number of nitrogens with one attached hydrogen (secondary N) is 1. The maximum atomic E-state index is 11.7. The van der Waals surface area contributed by atoms with Gasteiger partial charge in [-0.25, -0.2) is 4.68 Å². The molecule has 0 saturated heterocycles. The number of anilines is 1. The molecule has 0 aromatic carbocycles. The van der Waals surface area contributed by atoms with E-state index in [1.54, 1.807) is 29.3 Å². The van der Waals surface area contributed by atoms with E-state index in [-0.39, 0.29) is 12.5 Å². The molecular formula is C12H15N5O2. The van der Waals surface area contributed by atoms with E-state index >= 15 is 0 Å². The normalized spacial score (nSPS) is 12.1. The fourth-order valence-corrected chi connectivity index (χ4v) is 1.51. The van der Waals surface area contributed by atoms with Gasteiger partial charge in [0.2, 0.25) is 5.91 Å². The monoisotopic (exact) mass is 261 g/mol. The number of carbonyl (C=O) groups excluding carboxylic acids is 1. The molecule has 0 aliphatic heterocycles. The highest BCUT2D eigenvalue weighted by Crippen LogP contribution is 2.09. The fraction of sp³-hybridized carbons (Fsp3) is 0.250. The van der Waals surface area contributed by atoms with Crippen LogP contribution >= 0.6 is 0 Å². The molecular weight excluding hydrogens is 246 g/mol. The summed E-state index contributed by atoms with van der Waals surface area (Å²) in [6.07, 6.45) is 5.08. The molecule has 0 spiro atoms. The number of nitrogens with zero attached hydrogens (tertiary/aromatic N) is 3. The Hall–Kier alpha value is -2.25. The molecule has 1 unspecified atom stereocenters. The Morgan fingerprint density at radius 3 is 2.89 bits per heavy atom. The van der Waals surface area contributed by atoms with Crippen LogP contribution in [0.3, 0.4) is 0 Å². The molecule has 0 saturated carbocycles. The zero-order chi connectivity index (χ0) is 13.7. The average molecular weight is 261 g/mol. The number of rotatable bonds is 5. The van der Waals surface area contributed by atoms with E-state index in [4.69, 9.17) is 10.5 Å². The number of ether oxygens (including phenoxy) is 1. The lowest BCUT2D eigenvalue weighted by atomic mass is 10.3. The molecule has 3 N–H and O–H groups in total. The summed E-state index contributed by atoms with van der Waals surface area (Å²) < 4.78 is 6.46. The van der Waals surface area contributed by atoms with Crippen molar-refractivity contribution in [3.05, 3.63) is 36.8 Å². The Morgan fingerprint density at radius 2 is 2.21 bits per heavy atom. The van der Waals surface area contributed by atoms with Gasteiger partial charge in [-0.15, -0.1) is 0 Å². The van der Waals surface area contributed by atoms with Gasteiger partial charge in [-0.2, -0.15) is 5.10 Å². The molecule has 0 radical (unpaired) electrons. The van der Waals surface area contributed by atoms with Crippen molar-refractivity contribution in [2.24, 2.45) is 5.73 Å². The molecule has 2 rings (SSSR count). The smallest absolute Gasteiger partial charge is 0.244 e. The van der Waals surface area contributed by atoms with Crippen LogP contribution < -0.4 is 11.1 Å². The first kappa shape index (κ1) is 13.2. The van der Waals surface area contributed by atoms with E-state index in [0.29, 0.717) is 5.82 Å². The van der Waals surface area contributed by atoms with Crippen molar-refractivity contribution in [3.63, 3.8) is 0 Å². The van der Waals surface area contributed by atoms with Crippen LogP contribution in [0, 0.1) is 0 Å². The highest BCUT2D eigenvalue weighted by atomic mass is 16.5. The van der Waals surface area contributed by atoms with E-state index in [1.165, 1.54) is 7.11 Å². The van der Waals surface area contributed by atoms with Crippen molar-refractivity contribution < 1.29 is 9.53 Å². The van der Waals surface area contributed by atoms with Crippen molar-refractivity contribution in [3.8, 4) is 5.69 Å². The van der Waals surface area contributed by atoms with E-state index < -0.39 is 6.04 Å². The van der Waals surface area contributed by atoms with Gasteiger partial charge in [0, 0.05) is 31.8 Å². The van der Waals surface area contributed by atoms with Gasteiger partial charge in [-0.3, -0.25) is 9.78 Å². The zero-order valence-electron chi connectivity index (χ0n) is 10.5. The van der Waals surface area contributed by atoms with Gasteiger partial charge in [0.05, 0.1) is 12.3 Å². The van der Waals surface area contributed by atoms with E-state index in [0.717, 1.165) is 5.69 Å². The molecule has 100 valence electrons. The summed E-state index contributed by atoms with van der Waals surface area (Å²) in [5.41, 5.74) is 6.47.